The lowest BCUT2D eigenvalue weighted by atomic mass is 9.76. The van der Waals surface area contributed by atoms with Gasteiger partial charge < -0.3 is 10.1 Å². The fourth-order valence-electron chi connectivity index (χ4n) is 4.48. The fraction of sp³-hybridized carbons (Fsp3) is 1.00. The van der Waals surface area contributed by atoms with Crippen LogP contribution < -0.4 is 5.32 Å². The Morgan fingerprint density at radius 1 is 1.19 bits per heavy atom. The summed E-state index contributed by atoms with van der Waals surface area (Å²) in [5.74, 6) is 0.907. The highest BCUT2D eigenvalue weighted by molar-refractivity contribution is 5.09. The highest BCUT2D eigenvalue weighted by Crippen LogP contribution is 2.46. The Hall–Kier alpha value is -0.120. The highest BCUT2D eigenvalue weighted by Gasteiger charge is 2.51. The van der Waals surface area contributed by atoms with Gasteiger partial charge in [0.25, 0.3) is 0 Å². The Bertz CT molecular complexity index is 347. The molecular formula is C18H34N2O. The molecule has 3 aliphatic rings. The minimum atomic E-state index is 0.351. The molecule has 0 radical (unpaired) electrons. The Kier molecular flexibility index (Phi) is 4.63. The number of ether oxygens (including phenoxy) is 1. The van der Waals surface area contributed by atoms with Gasteiger partial charge >= 0.3 is 0 Å². The van der Waals surface area contributed by atoms with Gasteiger partial charge in [0.2, 0.25) is 0 Å². The Morgan fingerprint density at radius 2 is 1.90 bits per heavy atom. The summed E-state index contributed by atoms with van der Waals surface area (Å²) in [6.45, 7) is 11.2. The van der Waals surface area contributed by atoms with Gasteiger partial charge in [0.05, 0.1) is 12.7 Å². The van der Waals surface area contributed by atoms with Crippen LogP contribution in [0, 0.1) is 5.92 Å². The molecule has 0 aromatic heterocycles. The molecule has 1 saturated heterocycles. The zero-order chi connectivity index (χ0) is 14.9. The van der Waals surface area contributed by atoms with Crippen molar-refractivity contribution < 1.29 is 4.74 Å². The molecule has 122 valence electrons. The van der Waals surface area contributed by atoms with Crippen LogP contribution in [-0.2, 0) is 4.74 Å². The molecule has 3 fully saturated rings. The van der Waals surface area contributed by atoms with Crippen molar-refractivity contribution in [2.45, 2.75) is 82.9 Å². The van der Waals surface area contributed by atoms with Crippen LogP contribution >= 0.6 is 0 Å². The molecule has 0 bridgehead atoms. The van der Waals surface area contributed by atoms with E-state index in [-0.39, 0.29) is 0 Å². The molecule has 3 rings (SSSR count). The van der Waals surface area contributed by atoms with Crippen molar-refractivity contribution in [1.82, 2.24) is 10.2 Å². The quantitative estimate of drug-likeness (QED) is 0.843. The van der Waals surface area contributed by atoms with Gasteiger partial charge in [-0.05, 0) is 52.4 Å². The van der Waals surface area contributed by atoms with Gasteiger partial charge in [-0.3, -0.25) is 4.90 Å². The molecule has 1 heterocycles. The SMILES string of the molecule is CC(C)OCCN1CC2(CCCCC2)NCC1(C)C1CC1. The fourth-order valence-corrected chi connectivity index (χ4v) is 4.48. The molecular weight excluding hydrogens is 260 g/mol. The number of nitrogens with zero attached hydrogens (tertiary/aromatic N) is 1. The van der Waals surface area contributed by atoms with Crippen LogP contribution in [-0.4, -0.2) is 48.3 Å². The average molecular weight is 294 g/mol. The molecule has 3 heteroatoms. The number of piperazine rings is 1. The zero-order valence-electron chi connectivity index (χ0n) is 14.3. The largest absolute Gasteiger partial charge is 0.377 e. The predicted octanol–water partition coefficient (Wildman–Crippen LogP) is 3.19. The van der Waals surface area contributed by atoms with E-state index in [2.05, 4.69) is 31.0 Å². The normalized spacial score (nSPS) is 33.7. The molecule has 0 aromatic carbocycles. The summed E-state index contributed by atoms with van der Waals surface area (Å²) < 4.78 is 5.85. The molecule has 1 unspecified atom stereocenters. The van der Waals surface area contributed by atoms with E-state index >= 15 is 0 Å². The number of rotatable bonds is 5. The van der Waals surface area contributed by atoms with E-state index in [4.69, 9.17) is 4.74 Å². The summed E-state index contributed by atoms with van der Waals surface area (Å²) in [5, 5.41) is 3.99. The zero-order valence-corrected chi connectivity index (χ0v) is 14.3. The predicted molar refractivity (Wildman–Crippen MR) is 87.6 cm³/mol. The molecule has 1 N–H and O–H groups in total. The highest BCUT2D eigenvalue weighted by atomic mass is 16.5. The molecule has 0 amide bonds. The molecule has 1 spiro atoms. The molecule has 2 aliphatic carbocycles. The minimum absolute atomic E-state index is 0.351. The first-order chi connectivity index (χ1) is 10.0. The molecule has 2 saturated carbocycles. The Balaban J connectivity index is 1.66. The summed E-state index contributed by atoms with van der Waals surface area (Å²) in [6.07, 6.45) is 10.2. The lowest BCUT2D eigenvalue weighted by molar-refractivity contribution is -0.0353. The Morgan fingerprint density at radius 3 is 2.52 bits per heavy atom. The van der Waals surface area contributed by atoms with E-state index in [1.807, 2.05) is 0 Å². The summed E-state index contributed by atoms with van der Waals surface area (Å²) in [6, 6.07) is 0. The van der Waals surface area contributed by atoms with Crippen LogP contribution in [0.4, 0.5) is 0 Å². The van der Waals surface area contributed by atoms with Gasteiger partial charge in [-0.15, -0.1) is 0 Å². The second kappa shape index (κ2) is 6.17. The first-order valence-electron chi connectivity index (χ1n) is 9.16. The monoisotopic (exact) mass is 294 g/mol. The lowest BCUT2D eigenvalue weighted by Gasteiger charge is -2.55. The topological polar surface area (TPSA) is 24.5 Å². The number of hydrogen-bond acceptors (Lipinski definition) is 3. The number of nitrogens with one attached hydrogen (secondary N) is 1. The van der Waals surface area contributed by atoms with E-state index in [0.29, 0.717) is 17.2 Å². The van der Waals surface area contributed by atoms with Gasteiger partial charge in [0.15, 0.2) is 0 Å². The molecule has 3 nitrogen and oxygen atoms in total. The molecule has 21 heavy (non-hydrogen) atoms. The maximum atomic E-state index is 5.85. The maximum absolute atomic E-state index is 5.85. The molecule has 1 aliphatic heterocycles. The van der Waals surface area contributed by atoms with Crippen LogP contribution in [0.2, 0.25) is 0 Å². The van der Waals surface area contributed by atoms with Crippen molar-refractivity contribution in [2.75, 3.05) is 26.2 Å². The van der Waals surface area contributed by atoms with E-state index < -0.39 is 0 Å². The summed E-state index contributed by atoms with van der Waals surface area (Å²) >= 11 is 0. The second-order valence-electron chi connectivity index (χ2n) is 8.17. The second-order valence-corrected chi connectivity index (χ2v) is 8.17. The van der Waals surface area contributed by atoms with Crippen molar-refractivity contribution in [3.8, 4) is 0 Å². The maximum Gasteiger partial charge on any atom is 0.0597 e. The van der Waals surface area contributed by atoms with Gasteiger partial charge in [0, 0.05) is 30.7 Å². The van der Waals surface area contributed by atoms with Crippen molar-refractivity contribution in [3.05, 3.63) is 0 Å². The van der Waals surface area contributed by atoms with Crippen molar-refractivity contribution in [2.24, 2.45) is 5.92 Å². The van der Waals surface area contributed by atoms with E-state index in [1.54, 1.807) is 0 Å². The van der Waals surface area contributed by atoms with Crippen molar-refractivity contribution in [3.63, 3.8) is 0 Å². The van der Waals surface area contributed by atoms with Gasteiger partial charge in [-0.2, -0.15) is 0 Å². The van der Waals surface area contributed by atoms with Crippen LogP contribution in [0.15, 0.2) is 0 Å². The van der Waals surface area contributed by atoms with Crippen LogP contribution in [0.3, 0.4) is 0 Å². The Labute approximate surface area is 130 Å². The third kappa shape index (κ3) is 3.46. The van der Waals surface area contributed by atoms with Crippen LogP contribution in [0.5, 0.6) is 0 Å². The minimum Gasteiger partial charge on any atom is -0.377 e. The summed E-state index contributed by atoms with van der Waals surface area (Å²) in [4.78, 5) is 2.79. The van der Waals surface area contributed by atoms with Crippen LogP contribution in [0.1, 0.15) is 65.7 Å². The van der Waals surface area contributed by atoms with Gasteiger partial charge in [-0.25, -0.2) is 0 Å². The number of hydrogen-bond donors (Lipinski definition) is 1. The molecule has 1 atom stereocenters. The summed E-state index contributed by atoms with van der Waals surface area (Å²) in [7, 11) is 0. The van der Waals surface area contributed by atoms with E-state index in [1.165, 1.54) is 58.0 Å². The van der Waals surface area contributed by atoms with Crippen LogP contribution in [0.25, 0.3) is 0 Å². The first-order valence-corrected chi connectivity index (χ1v) is 9.16. The van der Waals surface area contributed by atoms with E-state index in [0.717, 1.165) is 19.1 Å². The first kappa shape index (κ1) is 15.8. The third-order valence-corrected chi connectivity index (χ3v) is 6.12. The summed E-state index contributed by atoms with van der Waals surface area (Å²) in [5.41, 5.74) is 0.771. The third-order valence-electron chi connectivity index (χ3n) is 6.12. The van der Waals surface area contributed by atoms with E-state index in [9.17, 15) is 0 Å². The standard InChI is InChI=1S/C18H34N2O/c1-15(2)21-12-11-20-14-18(9-5-4-6-10-18)19-13-17(20,3)16-7-8-16/h15-16,19H,4-14H2,1-3H3. The molecule has 0 aromatic rings. The average Bonchev–Trinajstić information content (AvgIpc) is 3.29. The van der Waals surface area contributed by atoms with Gasteiger partial charge in [0.1, 0.15) is 0 Å². The van der Waals surface area contributed by atoms with Crippen molar-refractivity contribution in [1.29, 1.82) is 0 Å². The van der Waals surface area contributed by atoms with Crippen molar-refractivity contribution >= 4 is 0 Å². The smallest absolute Gasteiger partial charge is 0.0597 e. The van der Waals surface area contributed by atoms with Gasteiger partial charge in [-0.1, -0.05) is 19.3 Å². The lowest BCUT2D eigenvalue weighted by Crippen LogP contribution is -2.70.